The Morgan fingerprint density at radius 3 is 2.42 bits per heavy atom. The van der Waals surface area contributed by atoms with E-state index in [9.17, 15) is 17.6 Å². The third kappa shape index (κ3) is 3.86. The lowest BCUT2D eigenvalue weighted by molar-refractivity contribution is -0.115. The van der Waals surface area contributed by atoms with E-state index in [1.54, 1.807) is 25.1 Å². The van der Waals surface area contributed by atoms with Crippen LogP contribution >= 0.6 is 0 Å². The lowest BCUT2D eigenvalue weighted by Gasteiger charge is -2.08. The highest BCUT2D eigenvalue weighted by molar-refractivity contribution is 7.90. The fourth-order valence-corrected chi connectivity index (χ4v) is 3.20. The molecule has 24 heavy (non-hydrogen) atoms. The normalized spacial score (nSPS) is 11.6. The van der Waals surface area contributed by atoms with Gasteiger partial charge in [0, 0.05) is 5.56 Å². The number of halogens is 1. The molecule has 0 aliphatic heterocycles. The minimum absolute atomic E-state index is 0.0116. The number of hydrogen-bond donors (Lipinski definition) is 1. The topological polar surface area (TPSA) is 87.0 Å². The maximum Gasteiger partial charge on any atom is 0.275 e. The Labute approximate surface area is 139 Å². The van der Waals surface area contributed by atoms with Gasteiger partial charge in [-0.15, -0.1) is 0 Å². The molecule has 0 aliphatic carbocycles. The van der Waals surface area contributed by atoms with Crippen molar-refractivity contribution in [2.75, 3.05) is 0 Å². The molecule has 0 radical (unpaired) electrons. The molecule has 0 aromatic heterocycles. The quantitative estimate of drug-likeness (QED) is 0.682. The summed E-state index contributed by atoms with van der Waals surface area (Å²) in [6, 6.07) is 13.2. The first kappa shape index (κ1) is 17.4. The average Bonchev–Trinajstić information content (AvgIpc) is 2.53. The van der Waals surface area contributed by atoms with E-state index in [4.69, 9.17) is 5.26 Å². The van der Waals surface area contributed by atoms with Crippen molar-refractivity contribution >= 4 is 22.0 Å². The van der Waals surface area contributed by atoms with E-state index in [2.05, 4.69) is 0 Å². The first-order valence-corrected chi connectivity index (χ1v) is 8.32. The number of sulfonamides is 1. The molecule has 0 aliphatic rings. The van der Waals surface area contributed by atoms with Gasteiger partial charge in [-0.05, 0) is 30.7 Å². The Balaban J connectivity index is 2.33. The van der Waals surface area contributed by atoms with Crippen LogP contribution in [0.1, 0.15) is 11.1 Å². The van der Waals surface area contributed by atoms with Crippen LogP contribution in [0.3, 0.4) is 0 Å². The van der Waals surface area contributed by atoms with Crippen LogP contribution < -0.4 is 4.72 Å². The summed E-state index contributed by atoms with van der Waals surface area (Å²) in [5.41, 5.74) is -0.0517. The molecule has 2 aromatic rings. The van der Waals surface area contributed by atoms with Crippen LogP contribution in [-0.2, 0) is 14.8 Å². The number of rotatable bonds is 4. The molecule has 0 saturated carbocycles. The standard InChI is InChI=1S/C17H13FN2O3S/c1-12-6-2-5-9-16(12)24(22,23)20-17(21)14(11-19)10-13-7-3-4-8-15(13)18/h2-10H,1H3,(H,20,21). The van der Waals surface area contributed by atoms with Crippen molar-refractivity contribution in [1.29, 1.82) is 5.26 Å². The van der Waals surface area contributed by atoms with Crippen LogP contribution in [0.15, 0.2) is 59.0 Å². The van der Waals surface area contributed by atoms with Gasteiger partial charge in [0.1, 0.15) is 17.5 Å². The molecule has 0 heterocycles. The molecule has 122 valence electrons. The first-order chi connectivity index (χ1) is 11.3. The molecule has 1 N–H and O–H groups in total. The number of nitrogens with zero attached hydrogens (tertiary/aromatic N) is 1. The van der Waals surface area contributed by atoms with Gasteiger partial charge in [-0.1, -0.05) is 36.4 Å². The van der Waals surface area contributed by atoms with E-state index in [1.165, 1.54) is 36.4 Å². The second-order valence-corrected chi connectivity index (χ2v) is 6.54. The largest absolute Gasteiger partial charge is 0.275 e. The van der Waals surface area contributed by atoms with Gasteiger partial charge in [0.25, 0.3) is 15.9 Å². The molecule has 0 fully saturated rings. The molecule has 0 bridgehead atoms. The number of aryl methyl sites for hydroxylation is 1. The fourth-order valence-electron chi connectivity index (χ4n) is 1.99. The summed E-state index contributed by atoms with van der Waals surface area (Å²) in [5.74, 6) is -1.75. The van der Waals surface area contributed by atoms with Gasteiger partial charge < -0.3 is 0 Å². The summed E-state index contributed by atoms with van der Waals surface area (Å²) in [7, 11) is -4.13. The second-order valence-electron chi connectivity index (χ2n) is 4.89. The number of carbonyl (C=O) groups is 1. The minimum atomic E-state index is -4.13. The van der Waals surface area contributed by atoms with Gasteiger partial charge in [0.2, 0.25) is 0 Å². The predicted molar refractivity (Wildman–Crippen MR) is 86.5 cm³/mol. The molecule has 0 spiro atoms. The van der Waals surface area contributed by atoms with E-state index >= 15 is 0 Å². The van der Waals surface area contributed by atoms with Crippen LogP contribution in [0.5, 0.6) is 0 Å². The van der Waals surface area contributed by atoms with Crippen molar-refractivity contribution < 1.29 is 17.6 Å². The van der Waals surface area contributed by atoms with Crippen LogP contribution in [-0.4, -0.2) is 14.3 Å². The maximum absolute atomic E-state index is 13.6. The van der Waals surface area contributed by atoms with Crippen LogP contribution in [0.25, 0.3) is 6.08 Å². The molecule has 7 heteroatoms. The average molecular weight is 344 g/mol. The number of carbonyl (C=O) groups excluding carboxylic acids is 1. The summed E-state index contributed by atoms with van der Waals surface area (Å²) in [6.07, 6.45) is 0.998. The summed E-state index contributed by atoms with van der Waals surface area (Å²) < 4.78 is 39.9. The van der Waals surface area contributed by atoms with Gasteiger partial charge in [0.15, 0.2) is 0 Å². The molecular weight excluding hydrogens is 331 g/mol. The van der Waals surface area contributed by atoms with E-state index in [1.807, 2.05) is 4.72 Å². The molecule has 0 saturated heterocycles. The highest BCUT2D eigenvalue weighted by Gasteiger charge is 2.21. The third-order valence-electron chi connectivity index (χ3n) is 3.18. The van der Waals surface area contributed by atoms with Gasteiger partial charge in [0.05, 0.1) is 4.90 Å². The monoisotopic (exact) mass is 344 g/mol. The van der Waals surface area contributed by atoms with Gasteiger partial charge in [-0.25, -0.2) is 17.5 Å². The molecule has 2 aromatic carbocycles. The van der Waals surface area contributed by atoms with E-state index in [0.717, 1.165) is 6.08 Å². The van der Waals surface area contributed by atoms with Crippen LogP contribution in [0.4, 0.5) is 4.39 Å². The zero-order valence-corrected chi connectivity index (χ0v) is 13.5. The number of benzene rings is 2. The van der Waals surface area contributed by atoms with Crippen molar-refractivity contribution in [3.05, 3.63) is 71.0 Å². The first-order valence-electron chi connectivity index (χ1n) is 6.84. The Bertz CT molecular complexity index is 960. The molecular formula is C17H13FN2O3S. The van der Waals surface area contributed by atoms with Crippen LogP contribution in [0, 0.1) is 24.1 Å². The van der Waals surface area contributed by atoms with E-state index in [0.29, 0.717) is 5.56 Å². The van der Waals surface area contributed by atoms with Crippen molar-refractivity contribution in [2.45, 2.75) is 11.8 Å². The van der Waals surface area contributed by atoms with Gasteiger partial charge in [-0.3, -0.25) is 4.79 Å². The van der Waals surface area contributed by atoms with Crippen molar-refractivity contribution in [1.82, 2.24) is 4.72 Å². The molecule has 0 unspecified atom stereocenters. The van der Waals surface area contributed by atoms with E-state index in [-0.39, 0.29) is 10.5 Å². The number of hydrogen-bond acceptors (Lipinski definition) is 4. The molecule has 5 nitrogen and oxygen atoms in total. The zero-order valence-electron chi connectivity index (χ0n) is 12.7. The predicted octanol–water partition coefficient (Wildman–Crippen LogP) is 2.55. The Morgan fingerprint density at radius 1 is 1.17 bits per heavy atom. The lowest BCUT2D eigenvalue weighted by atomic mass is 10.1. The molecule has 2 rings (SSSR count). The lowest BCUT2D eigenvalue weighted by Crippen LogP contribution is -2.31. The van der Waals surface area contributed by atoms with E-state index < -0.39 is 27.3 Å². The van der Waals surface area contributed by atoms with Gasteiger partial charge in [-0.2, -0.15) is 5.26 Å². The van der Waals surface area contributed by atoms with Gasteiger partial charge >= 0.3 is 0 Å². The Kier molecular flexibility index (Phi) is 5.11. The summed E-state index contributed by atoms with van der Waals surface area (Å²) in [4.78, 5) is 12.0. The fraction of sp³-hybridized carbons (Fsp3) is 0.0588. The van der Waals surface area contributed by atoms with Crippen molar-refractivity contribution in [3.63, 3.8) is 0 Å². The highest BCUT2D eigenvalue weighted by Crippen LogP contribution is 2.15. The molecule has 1 amide bonds. The smallest absolute Gasteiger partial charge is 0.267 e. The number of nitrogens with one attached hydrogen (secondary N) is 1. The zero-order chi connectivity index (χ0) is 17.7. The third-order valence-corrected chi connectivity index (χ3v) is 4.67. The highest BCUT2D eigenvalue weighted by atomic mass is 32.2. The summed E-state index contributed by atoms with van der Waals surface area (Å²) in [5, 5.41) is 9.07. The number of amides is 1. The minimum Gasteiger partial charge on any atom is -0.267 e. The SMILES string of the molecule is Cc1ccccc1S(=O)(=O)NC(=O)C(C#N)=Cc1ccccc1F. The number of nitriles is 1. The Morgan fingerprint density at radius 2 is 1.79 bits per heavy atom. The summed E-state index contributed by atoms with van der Waals surface area (Å²) in [6.45, 7) is 1.58. The van der Waals surface area contributed by atoms with Crippen molar-refractivity contribution in [3.8, 4) is 6.07 Å². The Hall–Kier alpha value is -2.98. The molecule has 0 atom stereocenters. The van der Waals surface area contributed by atoms with Crippen LogP contribution in [0.2, 0.25) is 0 Å². The summed E-state index contributed by atoms with van der Waals surface area (Å²) >= 11 is 0. The second kappa shape index (κ2) is 7.06. The van der Waals surface area contributed by atoms with Crippen molar-refractivity contribution in [2.24, 2.45) is 0 Å². The maximum atomic E-state index is 13.6.